The smallest absolute Gasteiger partial charge is 0.295 e. The van der Waals surface area contributed by atoms with Gasteiger partial charge in [-0.1, -0.05) is 0 Å². The van der Waals surface area contributed by atoms with Crippen molar-refractivity contribution in [1.82, 2.24) is 0 Å². The van der Waals surface area contributed by atoms with Crippen LogP contribution in [0.4, 0.5) is 27.1 Å². The van der Waals surface area contributed by atoms with Gasteiger partial charge in [-0.05, 0) is 46.3 Å². The van der Waals surface area contributed by atoms with E-state index in [4.69, 9.17) is 5.73 Å². The van der Waals surface area contributed by atoms with Gasteiger partial charge in [0, 0.05) is 11.4 Å². The molecule has 0 aliphatic rings. The van der Waals surface area contributed by atoms with Crippen molar-refractivity contribution in [3.8, 4) is 0 Å². The van der Waals surface area contributed by atoms with Crippen LogP contribution in [-0.4, -0.2) is 4.92 Å². The fourth-order valence-corrected chi connectivity index (χ4v) is 1.85. The maximum Gasteiger partial charge on any atom is 0.295 e. The summed E-state index contributed by atoms with van der Waals surface area (Å²) in [5.41, 5.74) is 6.62. The average Bonchev–Trinajstić information content (AvgIpc) is 2.36. The Labute approximate surface area is 116 Å². The zero-order chi connectivity index (χ0) is 14.0. The highest BCUT2D eigenvalue weighted by Crippen LogP contribution is 2.32. The SMILES string of the molecule is Nc1ccc(Nc2cc(Br)c(F)cc2[N+](=O)[O-])cc1. The zero-order valence-electron chi connectivity index (χ0n) is 9.56. The summed E-state index contributed by atoms with van der Waals surface area (Å²) in [5, 5.41) is 13.7. The molecule has 2 rings (SSSR count). The van der Waals surface area contributed by atoms with Crippen molar-refractivity contribution in [2.75, 3.05) is 11.1 Å². The molecule has 2 aromatic rings. The summed E-state index contributed by atoms with van der Waals surface area (Å²) < 4.78 is 13.5. The third kappa shape index (κ3) is 3.00. The molecule has 5 nitrogen and oxygen atoms in total. The minimum atomic E-state index is -0.686. The number of nitrogens with one attached hydrogen (secondary N) is 1. The predicted octanol–water partition coefficient (Wildman–Crippen LogP) is 3.82. The van der Waals surface area contributed by atoms with Crippen molar-refractivity contribution in [2.45, 2.75) is 0 Å². The molecule has 0 fully saturated rings. The second kappa shape index (κ2) is 5.23. The summed E-state index contributed by atoms with van der Waals surface area (Å²) >= 11 is 3.00. The second-order valence-corrected chi connectivity index (χ2v) is 4.64. The Morgan fingerprint density at radius 1 is 1.26 bits per heavy atom. The van der Waals surface area contributed by atoms with E-state index in [9.17, 15) is 14.5 Å². The van der Waals surface area contributed by atoms with E-state index in [1.807, 2.05) is 0 Å². The zero-order valence-corrected chi connectivity index (χ0v) is 11.1. The van der Waals surface area contributed by atoms with Crippen LogP contribution in [0.15, 0.2) is 40.9 Å². The summed E-state index contributed by atoms with van der Waals surface area (Å²) in [5.74, 6) is -0.686. The molecule has 0 spiro atoms. The predicted molar refractivity (Wildman–Crippen MR) is 74.9 cm³/mol. The quantitative estimate of drug-likeness (QED) is 0.510. The Morgan fingerprint density at radius 3 is 2.47 bits per heavy atom. The monoisotopic (exact) mass is 325 g/mol. The third-order valence-corrected chi connectivity index (χ3v) is 3.03. The van der Waals surface area contributed by atoms with Gasteiger partial charge in [0.15, 0.2) is 0 Å². The number of hydrogen-bond acceptors (Lipinski definition) is 4. The number of nitrogen functional groups attached to an aromatic ring is 1. The summed E-state index contributed by atoms with van der Waals surface area (Å²) in [6.45, 7) is 0. The Morgan fingerprint density at radius 2 is 1.89 bits per heavy atom. The van der Waals surface area contributed by atoms with E-state index in [0.29, 0.717) is 11.4 Å². The molecule has 0 saturated carbocycles. The summed E-state index contributed by atoms with van der Waals surface area (Å²) in [6.07, 6.45) is 0. The van der Waals surface area contributed by atoms with E-state index in [1.54, 1.807) is 24.3 Å². The minimum Gasteiger partial charge on any atom is -0.399 e. The van der Waals surface area contributed by atoms with Crippen LogP contribution in [0, 0.1) is 15.9 Å². The first kappa shape index (κ1) is 13.3. The number of nitro groups is 1. The molecule has 98 valence electrons. The Kier molecular flexibility index (Phi) is 3.66. The summed E-state index contributed by atoms with van der Waals surface area (Å²) in [6, 6.07) is 8.86. The Hall–Kier alpha value is -2.15. The largest absolute Gasteiger partial charge is 0.399 e. The van der Waals surface area contributed by atoms with Crippen molar-refractivity contribution in [3.63, 3.8) is 0 Å². The normalized spacial score (nSPS) is 10.2. The van der Waals surface area contributed by atoms with Crippen molar-refractivity contribution < 1.29 is 9.31 Å². The van der Waals surface area contributed by atoms with Crippen LogP contribution in [0.1, 0.15) is 0 Å². The molecule has 0 unspecified atom stereocenters. The molecule has 0 aliphatic carbocycles. The minimum absolute atomic E-state index is 0.149. The number of nitrogens with zero attached hydrogens (tertiary/aromatic N) is 1. The van der Waals surface area contributed by atoms with E-state index in [-0.39, 0.29) is 15.8 Å². The lowest BCUT2D eigenvalue weighted by Crippen LogP contribution is -1.98. The fraction of sp³-hybridized carbons (Fsp3) is 0. The Bertz CT molecular complexity index is 632. The van der Waals surface area contributed by atoms with Gasteiger partial charge in [-0.2, -0.15) is 0 Å². The van der Waals surface area contributed by atoms with Crippen LogP contribution >= 0.6 is 15.9 Å². The number of benzene rings is 2. The van der Waals surface area contributed by atoms with Gasteiger partial charge in [-0.25, -0.2) is 4.39 Å². The van der Waals surface area contributed by atoms with Gasteiger partial charge in [0.25, 0.3) is 5.69 Å². The van der Waals surface area contributed by atoms with Gasteiger partial charge in [-0.3, -0.25) is 10.1 Å². The average molecular weight is 326 g/mol. The first-order valence-corrected chi connectivity index (χ1v) is 6.02. The fourth-order valence-electron chi connectivity index (χ4n) is 1.51. The second-order valence-electron chi connectivity index (χ2n) is 3.79. The molecule has 2 aromatic carbocycles. The van der Waals surface area contributed by atoms with Crippen molar-refractivity contribution in [1.29, 1.82) is 0 Å². The highest BCUT2D eigenvalue weighted by atomic mass is 79.9. The molecule has 0 saturated heterocycles. The number of nitrogens with two attached hydrogens (primary N) is 1. The van der Waals surface area contributed by atoms with Gasteiger partial charge < -0.3 is 11.1 Å². The van der Waals surface area contributed by atoms with Gasteiger partial charge in [-0.15, -0.1) is 0 Å². The standard InChI is InChI=1S/C12H9BrFN3O2/c13-9-5-11(12(17(18)19)6-10(9)14)16-8-3-1-7(15)2-4-8/h1-6,16H,15H2. The number of hydrogen-bond donors (Lipinski definition) is 2. The highest BCUT2D eigenvalue weighted by Gasteiger charge is 2.17. The highest BCUT2D eigenvalue weighted by molar-refractivity contribution is 9.10. The summed E-state index contributed by atoms with van der Waals surface area (Å²) in [7, 11) is 0. The van der Waals surface area contributed by atoms with Crippen molar-refractivity contribution >= 4 is 38.7 Å². The number of rotatable bonds is 3. The molecule has 0 aliphatic heterocycles. The Balaban J connectivity index is 2.41. The van der Waals surface area contributed by atoms with Crippen molar-refractivity contribution in [2.24, 2.45) is 0 Å². The molecule has 3 N–H and O–H groups in total. The molecular weight excluding hydrogens is 317 g/mol. The molecular formula is C12H9BrFN3O2. The lowest BCUT2D eigenvalue weighted by Gasteiger charge is -2.08. The van der Waals surface area contributed by atoms with Gasteiger partial charge in [0.2, 0.25) is 0 Å². The molecule has 0 atom stereocenters. The molecule has 0 amide bonds. The van der Waals surface area contributed by atoms with Crippen LogP contribution < -0.4 is 11.1 Å². The molecule has 7 heteroatoms. The van der Waals surface area contributed by atoms with Crippen LogP contribution in [0.25, 0.3) is 0 Å². The maximum atomic E-state index is 13.3. The summed E-state index contributed by atoms with van der Waals surface area (Å²) in [4.78, 5) is 10.2. The van der Waals surface area contributed by atoms with E-state index in [0.717, 1.165) is 6.07 Å². The number of nitro benzene ring substituents is 1. The number of anilines is 3. The molecule has 0 bridgehead atoms. The first-order valence-electron chi connectivity index (χ1n) is 5.23. The third-order valence-electron chi connectivity index (χ3n) is 2.42. The van der Waals surface area contributed by atoms with E-state index in [1.165, 1.54) is 6.07 Å². The topological polar surface area (TPSA) is 81.2 Å². The maximum absolute atomic E-state index is 13.3. The van der Waals surface area contributed by atoms with E-state index >= 15 is 0 Å². The van der Waals surface area contributed by atoms with Crippen LogP contribution in [-0.2, 0) is 0 Å². The lowest BCUT2D eigenvalue weighted by atomic mass is 10.2. The molecule has 0 radical (unpaired) electrons. The van der Waals surface area contributed by atoms with Gasteiger partial charge in [0.1, 0.15) is 11.5 Å². The van der Waals surface area contributed by atoms with E-state index < -0.39 is 10.7 Å². The molecule has 0 aromatic heterocycles. The van der Waals surface area contributed by atoms with E-state index in [2.05, 4.69) is 21.2 Å². The van der Waals surface area contributed by atoms with Gasteiger partial charge in [0.05, 0.1) is 15.5 Å². The molecule has 19 heavy (non-hydrogen) atoms. The van der Waals surface area contributed by atoms with Gasteiger partial charge >= 0.3 is 0 Å². The number of halogens is 2. The lowest BCUT2D eigenvalue weighted by molar-refractivity contribution is -0.384. The van der Waals surface area contributed by atoms with Crippen LogP contribution in [0.3, 0.4) is 0 Å². The van der Waals surface area contributed by atoms with Crippen molar-refractivity contribution in [3.05, 3.63) is 56.8 Å². The van der Waals surface area contributed by atoms with Crippen LogP contribution in [0.5, 0.6) is 0 Å². The van der Waals surface area contributed by atoms with Crippen LogP contribution in [0.2, 0.25) is 0 Å². The first-order chi connectivity index (χ1) is 8.97. The molecule has 0 heterocycles.